The number of furan rings is 1. The van der Waals surface area contributed by atoms with Gasteiger partial charge in [0.15, 0.2) is 0 Å². The van der Waals surface area contributed by atoms with Gasteiger partial charge in [-0.05, 0) is 38.4 Å². The van der Waals surface area contributed by atoms with Crippen LogP contribution in [0.2, 0.25) is 0 Å². The van der Waals surface area contributed by atoms with Crippen LogP contribution in [-0.2, 0) is 4.79 Å². The molecule has 0 N–H and O–H groups in total. The van der Waals surface area contributed by atoms with E-state index in [1.165, 1.54) is 0 Å². The first-order valence-electron chi connectivity index (χ1n) is 8.16. The molecule has 1 saturated heterocycles. The van der Waals surface area contributed by atoms with Gasteiger partial charge in [0.1, 0.15) is 11.5 Å². The summed E-state index contributed by atoms with van der Waals surface area (Å²) in [5.74, 6) is 2.72. The molecule has 4 heteroatoms. The van der Waals surface area contributed by atoms with E-state index in [2.05, 4.69) is 24.8 Å². The molecule has 1 atom stereocenters. The van der Waals surface area contributed by atoms with Gasteiger partial charge in [-0.25, -0.2) is 0 Å². The number of carbonyl (C=O) groups is 1. The van der Waals surface area contributed by atoms with E-state index in [4.69, 9.17) is 4.42 Å². The van der Waals surface area contributed by atoms with E-state index in [9.17, 15) is 4.79 Å². The molecule has 0 saturated carbocycles. The van der Waals surface area contributed by atoms with E-state index in [0.717, 1.165) is 57.0 Å². The molecule has 0 bridgehead atoms. The van der Waals surface area contributed by atoms with Crippen molar-refractivity contribution < 1.29 is 9.21 Å². The lowest BCUT2D eigenvalue weighted by Crippen LogP contribution is -2.50. The molecule has 0 radical (unpaired) electrons. The number of piperazine rings is 1. The number of unbranched alkanes of at least 4 members (excludes halogenated alkanes) is 1. The molecule has 1 aromatic rings. The minimum Gasteiger partial charge on any atom is -0.466 e. The molecule has 2 heterocycles. The fraction of sp³-hybridized carbons (Fsp3) is 0.706. The van der Waals surface area contributed by atoms with Crippen molar-refractivity contribution in [2.75, 3.05) is 32.7 Å². The van der Waals surface area contributed by atoms with Crippen LogP contribution in [-0.4, -0.2) is 48.4 Å². The number of rotatable bonds is 7. The molecule has 21 heavy (non-hydrogen) atoms. The van der Waals surface area contributed by atoms with Gasteiger partial charge in [0.2, 0.25) is 5.91 Å². The molecule has 0 spiro atoms. The van der Waals surface area contributed by atoms with Crippen molar-refractivity contribution >= 4 is 5.91 Å². The lowest BCUT2D eigenvalue weighted by Gasteiger charge is -2.34. The van der Waals surface area contributed by atoms with Crippen molar-refractivity contribution in [1.29, 1.82) is 0 Å². The van der Waals surface area contributed by atoms with Gasteiger partial charge in [-0.3, -0.25) is 9.69 Å². The first kappa shape index (κ1) is 16.1. The number of aryl methyl sites for hydroxylation is 1. The van der Waals surface area contributed by atoms with Crippen LogP contribution in [0.15, 0.2) is 16.5 Å². The van der Waals surface area contributed by atoms with Crippen LogP contribution in [0.1, 0.15) is 50.5 Å². The van der Waals surface area contributed by atoms with Crippen LogP contribution >= 0.6 is 0 Å². The molecule has 118 valence electrons. The van der Waals surface area contributed by atoms with Crippen molar-refractivity contribution in [3.05, 3.63) is 23.7 Å². The molecule has 0 aromatic carbocycles. The van der Waals surface area contributed by atoms with Gasteiger partial charge in [0, 0.05) is 25.6 Å². The number of carbonyl (C=O) groups excluding carboxylic acids is 1. The minimum absolute atomic E-state index is 0.288. The molecular formula is C17H28N2O2. The van der Waals surface area contributed by atoms with Gasteiger partial charge in [-0.1, -0.05) is 20.3 Å². The third kappa shape index (κ3) is 4.60. The number of hydrogen-bond donors (Lipinski definition) is 0. The van der Waals surface area contributed by atoms with Crippen LogP contribution in [0, 0.1) is 6.92 Å². The maximum absolute atomic E-state index is 12.1. The summed E-state index contributed by atoms with van der Waals surface area (Å²) in [6.45, 7) is 10.7. The maximum Gasteiger partial charge on any atom is 0.236 e. The van der Waals surface area contributed by atoms with Gasteiger partial charge < -0.3 is 9.32 Å². The number of nitrogens with zero attached hydrogens (tertiary/aromatic N) is 2. The Labute approximate surface area is 128 Å². The highest BCUT2D eigenvalue weighted by Gasteiger charge is 2.23. The summed E-state index contributed by atoms with van der Waals surface area (Å²) in [4.78, 5) is 16.4. The molecule has 4 nitrogen and oxygen atoms in total. The van der Waals surface area contributed by atoms with Crippen molar-refractivity contribution in [3.63, 3.8) is 0 Å². The van der Waals surface area contributed by atoms with E-state index in [1.807, 2.05) is 17.9 Å². The predicted octanol–water partition coefficient (Wildman–Crippen LogP) is 3.03. The van der Waals surface area contributed by atoms with Gasteiger partial charge in [-0.2, -0.15) is 0 Å². The van der Waals surface area contributed by atoms with Crippen LogP contribution in [0.4, 0.5) is 0 Å². The Balaban J connectivity index is 1.74. The highest BCUT2D eigenvalue weighted by molar-refractivity contribution is 5.79. The summed E-state index contributed by atoms with van der Waals surface area (Å²) in [6, 6.07) is 4.08. The van der Waals surface area contributed by atoms with Gasteiger partial charge >= 0.3 is 0 Å². The summed E-state index contributed by atoms with van der Waals surface area (Å²) in [5.41, 5.74) is 0. The average molecular weight is 292 g/mol. The summed E-state index contributed by atoms with van der Waals surface area (Å²) in [7, 11) is 0. The summed E-state index contributed by atoms with van der Waals surface area (Å²) in [5, 5.41) is 0. The average Bonchev–Trinajstić information content (AvgIpc) is 2.90. The molecular weight excluding hydrogens is 264 g/mol. The predicted molar refractivity (Wildman–Crippen MR) is 84.4 cm³/mol. The van der Waals surface area contributed by atoms with Crippen molar-refractivity contribution in [3.8, 4) is 0 Å². The summed E-state index contributed by atoms with van der Waals surface area (Å²) >= 11 is 0. The zero-order valence-corrected chi connectivity index (χ0v) is 13.6. The molecule has 1 fully saturated rings. The summed E-state index contributed by atoms with van der Waals surface area (Å²) in [6.07, 6.45) is 3.30. The van der Waals surface area contributed by atoms with Crippen LogP contribution < -0.4 is 0 Å². The lowest BCUT2D eigenvalue weighted by atomic mass is 10.0. The monoisotopic (exact) mass is 292 g/mol. The largest absolute Gasteiger partial charge is 0.466 e. The highest BCUT2D eigenvalue weighted by Crippen LogP contribution is 2.21. The molecule has 1 amide bonds. The second-order valence-electron chi connectivity index (χ2n) is 6.15. The Bertz CT molecular complexity index is 455. The topological polar surface area (TPSA) is 36.7 Å². The molecule has 1 aromatic heterocycles. The Morgan fingerprint density at radius 1 is 1.29 bits per heavy atom. The molecule has 1 aliphatic rings. The zero-order valence-electron chi connectivity index (χ0n) is 13.6. The molecule has 1 aliphatic heterocycles. The lowest BCUT2D eigenvalue weighted by molar-refractivity contribution is -0.136. The molecule has 0 aliphatic carbocycles. The third-order valence-corrected chi connectivity index (χ3v) is 4.30. The van der Waals surface area contributed by atoms with Crippen molar-refractivity contribution in [2.45, 2.75) is 46.0 Å². The van der Waals surface area contributed by atoms with Crippen LogP contribution in [0.5, 0.6) is 0 Å². The highest BCUT2D eigenvalue weighted by atomic mass is 16.3. The molecule has 2 rings (SSSR count). The van der Waals surface area contributed by atoms with Gasteiger partial charge in [0.05, 0.1) is 6.54 Å². The summed E-state index contributed by atoms with van der Waals surface area (Å²) < 4.78 is 5.67. The van der Waals surface area contributed by atoms with Crippen molar-refractivity contribution in [1.82, 2.24) is 9.80 Å². The van der Waals surface area contributed by atoms with Gasteiger partial charge in [0.25, 0.3) is 0 Å². The zero-order chi connectivity index (χ0) is 15.2. The molecule has 0 unspecified atom stereocenters. The van der Waals surface area contributed by atoms with Crippen molar-refractivity contribution in [2.24, 2.45) is 0 Å². The van der Waals surface area contributed by atoms with Crippen LogP contribution in [0.25, 0.3) is 0 Å². The van der Waals surface area contributed by atoms with E-state index < -0.39 is 0 Å². The Kier molecular flexibility index (Phi) is 5.85. The van der Waals surface area contributed by atoms with E-state index in [1.54, 1.807) is 0 Å². The van der Waals surface area contributed by atoms with Crippen LogP contribution in [0.3, 0.4) is 0 Å². The standard InChI is InChI=1S/C17H28N2O2/c1-4-5-9-19-12-11-18(13-17(19)20)10-8-14(2)16-7-6-15(3)21-16/h6-7,14H,4-5,8-13H2,1-3H3/t14-/m0/s1. The first-order chi connectivity index (χ1) is 10.1. The second kappa shape index (κ2) is 7.64. The quantitative estimate of drug-likeness (QED) is 0.775. The Morgan fingerprint density at radius 2 is 2.10 bits per heavy atom. The maximum atomic E-state index is 12.1. The number of amides is 1. The SMILES string of the molecule is CCCCN1CCN(CC[C@H](C)c2ccc(C)o2)CC1=O. The fourth-order valence-electron chi connectivity index (χ4n) is 2.77. The van der Waals surface area contributed by atoms with E-state index >= 15 is 0 Å². The van der Waals surface area contributed by atoms with Gasteiger partial charge in [-0.15, -0.1) is 0 Å². The normalized spacial score (nSPS) is 18.2. The fourth-order valence-corrected chi connectivity index (χ4v) is 2.77. The Hall–Kier alpha value is -1.29. The first-order valence-corrected chi connectivity index (χ1v) is 8.16. The smallest absolute Gasteiger partial charge is 0.236 e. The minimum atomic E-state index is 0.288. The number of hydrogen-bond acceptors (Lipinski definition) is 3. The second-order valence-corrected chi connectivity index (χ2v) is 6.15. The third-order valence-electron chi connectivity index (χ3n) is 4.30. The van der Waals surface area contributed by atoms with E-state index in [0.29, 0.717) is 12.5 Å². The van der Waals surface area contributed by atoms with E-state index in [-0.39, 0.29) is 5.91 Å². The Morgan fingerprint density at radius 3 is 2.71 bits per heavy atom.